The lowest BCUT2D eigenvalue weighted by molar-refractivity contribution is 0.0955. The minimum absolute atomic E-state index is 0.167. The van der Waals surface area contributed by atoms with Gasteiger partial charge < -0.3 is 10.6 Å². The standard InChI is InChI=1S/C16H15ClN6O/c17-13-4-1-3-12(9-13)16(24)19-7-6-18-14-10-15(21-11-20-14)23-8-2-5-22-23/h1-5,8-11H,6-7H2,(H,19,24)(H,18,20,21). The summed E-state index contributed by atoms with van der Waals surface area (Å²) in [6.45, 7) is 0.980. The molecule has 0 atom stereocenters. The number of halogens is 1. The lowest BCUT2D eigenvalue weighted by Crippen LogP contribution is -2.28. The van der Waals surface area contributed by atoms with E-state index >= 15 is 0 Å². The summed E-state index contributed by atoms with van der Waals surface area (Å²) in [4.78, 5) is 20.3. The van der Waals surface area contributed by atoms with Crippen LogP contribution in [0.4, 0.5) is 5.82 Å². The summed E-state index contributed by atoms with van der Waals surface area (Å²) in [6, 6.07) is 10.4. The van der Waals surface area contributed by atoms with Crippen LogP contribution in [0.1, 0.15) is 10.4 Å². The van der Waals surface area contributed by atoms with E-state index in [4.69, 9.17) is 11.6 Å². The van der Waals surface area contributed by atoms with Crippen molar-refractivity contribution in [3.05, 3.63) is 65.7 Å². The normalized spacial score (nSPS) is 10.4. The van der Waals surface area contributed by atoms with Gasteiger partial charge in [-0.15, -0.1) is 0 Å². The number of hydrogen-bond donors (Lipinski definition) is 2. The van der Waals surface area contributed by atoms with Gasteiger partial charge in [-0.25, -0.2) is 14.6 Å². The Morgan fingerprint density at radius 1 is 1.17 bits per heavy atom. The van der Waals surface area contributed by atoms with Gasteiger partial charge in [-0.05, 0) is 24.3 Å². The SMILES string of the molecule is O=C(NCCNc1cc(-n2cccn2)ncn1)c1cccc(Cl)c1. The molecule has 3 aromatic rings. The molecule has 0 fully saturated rings. The number of carbonyl (C=O) groups excluding carboxylic acids is 1. The van der Waals surface area contributed by atoms with E-state index in [-0.39, 0.29) is 5.91 Å². The summed E-state index contributed by atoms with van der Waals surface area (Å²) in [5, 5.41) is 10.6. The lowest BCUT2D eigenvalue weighted by Gasteiger charge is -2.08. The number of hydrogen-bond acceptors (Lipinski definition) is 5. The largest absolute Gasteiger partial charge is 0.368 e. The predicted molar refractivity (Wildman–Crippen MR) is 91.4 cm³/mol. The van der Waals surface area contributed by atoms with Crippen LogP contribution in [0.15, 0.2) is 55.1 Å². The van der Waals surface area contributed by atoms with Crippen LogP contribution in [-0.2, 0) is 0 Å². The molecule has 0 saturated carbocycles. The van der Waals surface area contributed by atoms with Gasteiger partial charge in [0.25, 0.3) is 5.91 Å². The summed E-state index contributed by atoms with van der Waals surface area (Å²) in [5.74, 6) is 1.16. The van der Waals surface area contributed by atoms with Gasteiger partial charge >= 0.3 is 0 Å². The van der Waals surface area contributed by atoms with E-state index in [1.807, 2.05) is 6.07 Å². The summed E-state index contributed by atoms with van der Waals surface area (Å²) in [6.07, 6.45) is 4.95. The molecule has 3 rings (SSSR count). The summed E-state index contributed by atoms with van der Waals surface area (Å²) >= 11 is 5.87. The molecule has 0 radical (unpaired) electrons. The first-order chi connectivity index (χ1) is 11.7. The monoisotopic (exact) mass is 342 g/mol. The third-order valence-corrected chi connectivity index (χ3v) is 3.43. The van der Waals surface area contributed by atoms with Crippen molar-refractivity contribution in [2.24, 2.45) is 0 Å². The van der Waals surface area contributed by atoms with E-state index in [9.17, 15) is 4.79 Å². The molecule has 0 aliphatic rings. The highest BCUT2D eigenvalue weighted by Gasteiger charge is 2.05. The number of nitrogens with zero attached hydrogens (tertiary/aromatic N) is 4. The van der Waals surface area contributed by atoms with Gasteiger partial charge in [-0.1, -0.05) is 17.7 Å². The maximum absolute atomic E-state index is 12.0. The fourth-order valence-electron chi connectivity index (χ4n) is 2.07. The third-order valence-electron chi connectivity index (χ3n) is 3.20. The van der Waals surface area contributed by atoms with Crippen molar-refractivity contribution in [1.82, 2.24) is 25.1 Å². The number of carbonyl (C=O) groups is 1. The fourth-order valence-corrected chi connectivity index (χ4v) is 2.26. The first-order valence-electron chi connectivity index (χ1n) is 7.32. The van der Waals surface area contributed by atoms with E-state index in [0.29, 0.717) is 35.3 Å². The van der Waals surface area contributed by atoms with Gasteiger partial charge in [0.15, 0.2) is 5.82 Å². The summed E-state index contributed by atoms with van der Waals surface area (Å²) < 4.78 is 1.65. The second kappa shape index (κ2) is 7.56. The fraction of sp³-hybridized carbons (Fsp3) is 0.125. The van der Waals surface area contributed by atoms with E-state index in [0.717, 1.165) is 0 Å². The second-order valence-corrected chi connectivity index (χ2v) is 5.34. The van der Waals surface area contributed by atoms with Crippen LogP contribution in [0, 0.1) is 0 Å². The van der Waals surface area contributed by atoms with Crippen LogP contribution < -0.4 is 10.6 Å². The van der Waals surface area contributed by atoms with Crippen molar-refractivity contribution in [2.75, 3.05) is 18.4 Å². The molecular formula is C16H15ClN6O. The minimum atomic E-state index is -0.167. The van der Waals surface area contributed by atoms with Crippen LogP contribution in [0.25, 0.3) is 5.82 Å². The highest BCUT2D eigenvalue weighted by molar-refractivity contribution is 6.30. The van der Waals surface area contributed by atoms with Gasteiger partial charge in [0.05, 0.1) is 0 Å². The number of anilines is 1. The Kier molecular flexibility index (Phi) is 5.02. The molecule has 1 amide bonds. The quantitative estimate of drug-likeness (QED) is 0.670. The number of nitrogens with one attached hydrogen (secondary N) is 2. The molecule has 0 saturated heterocycles. The molecule has 2 heterocycles. The molecule has 2 aromatic heterocycles. The van der Waals surface area contributed by atoms with Crippen LogP contribution in [0.2, 0.25) is 5.02 Å². The Labute approximate surface area is 143 Å². The Bertz CT molecular complexity index is 821. The third kappa shape index (κ3) is 4.08. The number of rotatable bonds is 6. The molecule has 7 nitrogen and oxygen atoms in total. The molecule has 0 spiro atoms. The van der Waals surface area contributed by atoms with E-state index in [1.165, 1.54) is 6.33 Å². The molecule has 2 N–H and O–H groups in total. The van der Waals surface area contributed by atoms with Crippen molar-refractivity contribution in [1.29, 1.82) is 0 Å². The minimum Gasteiger partial charge on any atom is -0.368 e. The van der Waals surface area contributed by atoms with Crippen LogP contribution in [0.3, 0.4) is 0 Å². The van der Waals surface area contributed by atoms with E-state index in [1.54, 1.807) is 47.4 Å². The van der Waals surface area contributed by atoms with Crippen molar-refractivity contribution in [3.8, 4) is 5.82 Å². The number of aromatic nitrogens is 4. The van der Waals surface area contributed by atoms with Gasteiger partial charge in [-0.3, -0.25) is 4.79 Å². The average Bonchev–Trinajstić information content (AvgIpc) is 3.13. The zero-order chi connectivity index (χ0) is 16.8. The highest BCUT2D eigenvalue weighted by atomic mass is 35.5. The van der Waals surface area contributed by atoms with Gasteiger partial charge in [0.2, 0.25) is 0 Å². The molecule has 8 heteroatoms. The molecule has 0 unspecified atom stereocenters. The van der Waals surface area contributed by atoms with Gasteiger partial charge in [0.1, 0.15) is 12.1 Å². The Hall–Kier alpha value is -2.93. The lowest BCUT2D eigenvalue weighted by atomic mass is 10.2. The Balaban J connectivity index is 1.50. The first-order valence-corrected chi connectivity index (χ1v) is 7.70. The Morgan fingerprint density at radius 2 is 2.08 bits per heavy atom. The van der Waals surface area contributed by atoms with Gasteiger partial charge in [0, 0.05) is 42.1 Å². The molecular weight excluding hydrogens is 328 g/mol. The van der Waals surface area contributed by atoms with Crippen LogP contribution in [0.5, 0.6) is 0 Å². The molecule has 122 valence electrons. The summed E-state index contributed by atoms with van der Waals surface area (Å²) in [7, 11) is 0. The molecule has 24 heavy (non-hydrogen) atoms. The van der Waals surface area contributed by atoms with Gasteiger partial charge in [-0.2, -0.15) is 5.10 Å². The molecule has 0 bridgehead atoms. The van der Waals surface area contributed by atoms with E-state index < -0.39 is 0 Å². The predicted octanol–water partition coefficient (Wildman–Crippen LogP) is 2.16. The van der Waals surface area contributed by atoms with Crippen molar-refractivity contribution in [3.63, 3.8) is 0 Å². The number of benzene rings is 1. The zero-order valence-electron chi connectivity index (χ0n) is 12.7. The first kappa shape index (κ1) is 15.9. The molecule has 0 aliphatic heterocycles. The second-order valence-electron chi connectivity index (χ2n) is 4.91. The molecule has 0 aliphatic carbocycles. The van der Waals surface area contributed by atoms with Crippen molar-refractivity contribution < 1.29 is 4.79 Å². The van der Waals surface area contributed by atoms with Crippen LogP contribution >= 0.6 is 11.6 Å². The smallest absolute Gasteiger partial charge is 0.251 e. The van der Waals surface area contributed by atoms with Crippen molar-refractivity contribution in [2.45, 2.75) is 0 Å². The number of amides is 1. The maximum atomic E-state index is 12.0. The average molecular weight is 343 g/mol. The van der Waals surface area contributed by atoms with Crippen molar-refractivity contribution >= 4 is 23.3 Å². The molecule has 1 aromatic carbocycles. The van der Waals surface area contributed by atoms with Crippen LogP contribution in [-0.4, -0.2) is 38.7 Å². The van der Waals surface area contributed by atoms with E-state index in [2.05, 4.69) is 25.7 Å². The topological polar surface area (TPSA) is 84.7 Å². The summed E-state index contributed by atoms with van der Waals surface area (Å²) in [5.41, 5.74) is 0.533. The zero-order valence-corrected chi connectivity index (χ0v) is 13.4. The Morgan fingerprint density at radius 3 is 2.88 bits per heavy atom. The highest BCUT2D eigenvalue weighted by Crippen LogP contribution is 2.10. The maximum Gasteiger partial charge on any atom is 0.251 e.